The number of nitrogens with zero attached hydrogens (tertiary/aromatic N) is 2. The van der Waals surface area contributed by atoms with Gasteiger partial charge in [-0.2, -0.15) is 5.10 Å². The van der Waals surface area contributed by atoms with Crippen LogP contribution in [0.3, 0.4) is 0 Å². The fourth-order valence-corrected chi connectivity index (χ4v) is 3.63. The minimum atomic E-state index is -0.512. The maximum absolute atomic E-state index is 13.0. The van der Waals surface area contributed by atoms with E-state index in [9.17, 15) is 9.90 Å². The fraction of sp³-hybridized carbons (Fsp3) is 0.208. The lowest BCUT2D eigenvalue weighted by Crippen LogP contribution is -2.13. The standard InChI is InChI=1S/C24H24N4O2/c1-15-13-20(22-16(2)27-28-23(22)25-15)24(30)26-19-10-6-7-17(14-19)11-12-21(29)18-8-4-3-5-9-18/h3-10,13-14,21,29H,11-12H2,1-2H3,(H,26,30)(H,25,27,28). The molecule has 0 spiro atoms. The predicted octanol–water partition coefficient (Wildman–Crippen LogP) is 4.49. The SMILES string of the molecule is Cc1cc(C(=O)Nc2cccc(CCC(O)c3ccccc3)c2)c2c(C)[nH]nc2n1. The minimum Gasteiger partial charge on any atom is -0.388 e. The number of rotatable bonds is 6. The molecule has 0 aliphatic carbocycles. The van der Waals surface area contributed by atoms with E-state index in [-0.39, 0.29) is 5.91 Å². The molecular formula is C24H24N4O2. The zero-order valence-electron chi connectivity index (χ0n) is 17.0. The van der Waals surface area contributed by atoms with Crippen LogP contribution in [0.1, 0.15) is 45.4 Å². The summed E-state index contributed by atoms with van der Waals surface area (Å²) < 4.78 is 0. The number of pyridine rings is 1. The third-order valence-electron chi connectivity index (χ3n) is 5.15. The van der Waals surface area contributed by atoms with E-state index in [1.807, 2.05) is 68.4 Å². The summed E-state index contributed by atoms with van der Waals surface area (Å²) in [6, 6.07) is 19.1. The second kappa shape index (κ2) is 8.47. The van der Waals surface area contributed by atoms with Gasteiger partial charge in [-0.1, -0.05) is 42.5 Å². The molecule has 0 radical (unpaired) electrons. The zero-order valence-corrected chi connectivity index (χ0v) is 17.0. The molecule has 4 rings (SSSR count). The molecule has 6 heteroatoms. The van der Waals surface area contributed by atoms with Crippen LogP contribution in [0.25, 0.3) is 11.0 Å². The van der Waals surface area contributed by atoms with Crippen molar-refractivity contribution in [2.75, 3.05) is 5.32 Å². The Morgan fingerprint density at radius 1 is 1.10 bits per heavy atom. The summed E-state index contributed by atoms with van der Waals surface area (Å²) in [6.07, 6.45) is 0.806. The first-order valence-electron chi connectivity index (χ1n) is 9.97. The van der Waals surface area contributed by atoms with E-state index in [4.69, 9.17) is 0 Å². The van der Waals surface area contributed by atoms with Crippen LogP contribution in [-0.4, -0.2) is 26.2 Å². The number of H-pyrrole nitrogens is 1. The van der Waals surface area contributed by atoms with Gasteiger partial charge < -0.3 is 10.4 Å². The van der Waals surface area contributed by atoms with Gasteiger partial charge >= 0.3 is 0 Å². The van der Waals surface area contributed by atoms with E-state index in [1.165, 1.54) is 0 Å². The van der Waals surface area contributed by atoms with Gasteiger partial charge in [0, 0.05) is 17.1 Å². The molecule has 0 aliphatic heterocycles. The summed E-state index contributed by atoms with van der Waals surface area (Å²) in [4.78, 5) is 17.4. The summed E-state index contributed by atoms with van der Waals surface area (Å²) in [5.41, 5.74) is 5.33. The average Bonchev–Trinajstić information content (AvgIpc) is 3.12. The number of benzene rings is 2. The second-order valence-electron chi connectivity index (χ2n) is 7.48. The van der Waals surface area contributed by atoms with Crippen molar-refractivity contribution in [3.05, 3.63) is 88.7 Å². The Labute approximate surface area is 175 Å². The number of carbonyl (C=O) groups is 1. The Kier molecular flexibility index (Phi) is 5.59. The maximum atomic E-state index is 13.0. The molecule has 2 heterocycles. The first-order chi connectivity index (χ1) is 14.5. The van der Waals surface area contributed by atoms with Gasteiger partial charge in [0.2, 0.25) is 0 Å². The van der Waals surface area contributed by atoms with E-state index in [0.717, 1.165) is 33.6 Å². The molecule has 6 nitrogen and oxygen atoms in total. The third-order valence-corrected chi connectivity index (χ3v) is 5.15. The molecule has 0 aliphatic rings. The summed E-state index contributed by atoms with van der Waals surface area (Å²) in [6.45, 7) is 3.72. The number of aromatic nitrogens is 3. The first kappa shape index (κ1) is 19.8. The number of aliphatic hydroxyl groups is 1. The van der Waals surface area contributed by atoms with Crippen molar-refractivity contribution in [3.63, 3.8) is 0 Å². The van der Waals surface area contributed by atoms with Crippen molar-refractivity contribution in [2.24, 2.45) is 0 Å². The number of anilines is 1. The second-order valence-corrected chi connectivity index (χ2v) is 7.48. The molecule has 4 aromatic rings. The van der Waals surface area contributed by atoms with Gasteiger partial charge in [-0.3, -0.25) is 9.89 Å². The molecule has 0 bridgehead atoms. The number of amides is 1. The van der Waals surface area contributed by atoms with Crippen LogP contribution in [0.5, 0.6) is 0 Å². The van der Waals surface area contributed by atoms with Crippen molar-refractivity contribution in [2.45, 2.75) is 32.8 Å². The van der Waals surface area contributed by atoms with Crippen LogP contribution in [0.15, 0.2) is 60.7 Å². The molecule has 1 unspecified atom stereocenters. The number of fused-ring (bicyclic) bond motifs is 1. The Morgan fingerprint density at radius 2 is 1.90 bits per heavy atom. The first-order valence-corrected chi connectivity index (χ1v) is 9.97. The lowest BCUT2D eigenvalue weighted by atomic mass is 10.0. The Balaban J connectivity index is 1.48. The van der Waals surface area contributed by atoms with Gasteiger partial charge in [-0.05, 0) is 56.0 Å². The number of aromatic amines is 1. The van der Waals surface area contributed by atoms with Crippen LogP contribution in [-0.2, 0) is 6.42 Å². The van der Waals surface area contributed by atoms with Gasteiger partial charge in [0.05, 0.1) is 17.1 Å². The molecular weight excluding hydrogens is 376 g/mol. The summed E-state index contributed by atoms with van der Waals surface area (Å²) in [5.74, 6) is -0.198. The highest BCUT2D eigenvalue weighted by Crippen LogP contribution is 2.23. The number of nitrogens with one attached hydrogen (secondary N) is 2. The largest absolute Gasteiger partial charge is 0.388 e. The van der Waals surface area contributed by atoms with Crippen LogP contribution in [0, 0.1) is 13.8 Å². The molecule has 152 valence electrons. The van der Waals surface area contributed by atoms with Crippen LogP contribution >= 0.6 is 0 Å². The lowest BCUT2D eigenvalue weighted by molar-refractivity contribution is 0.102. The smallest absolute Gasteiger partial charge is 0.256 e. The number of hydrogen-bond acceptors (Lipinski definition) is 4. The Morgan fingerprint density at radius 3 is 2.70 bits per heavy atom. The lowest BCUT2D eigenvalue weighted by Gasteiger charge is -2.12. The number of hydrogen-bond donors (Lipinski definition) is 3. The van der Waals surface area contributed by atoms with Crippen molar-refractivity contribution >= 4 is 22.6 Å². The molecule has 0 fully saturated rings. The molecule has 0 saturated carbocycles. The van der Waals surface area contributed by atoms with Crippen LogP contribution in [0.2, 0.25) is 0 Å². The van der Waals surface area contributed by atoms with E-state index in [2.05, 4.69) is 20.5 Å². The Hall–Kier alpha value is -3.51. The highest BCUT2D eigenvalue weighted by Gasteiger charge is 2.16. The van der Waals surface area contributed by atoms with E-state index >= 15 is 0 Å². The minimum absolute atomic E-state index is 0.198. The quantitative estimate of drug-likeness (QED) is 0.445. The monoisotopic (exact) mass is 400 g/mol. The van der Waals surface area contributed by atoms with E-state index < -0.39 is 6.10 Å². The van der Waals surface area contributed by atoms with Gasteiger partial charge in [0.1, 0.15) is 0 Å². The van der Waals surface area contributed by atoms with E-state index in [1.54, 1.807) is 6.07 Å². The van der Waals surface area contributed by atoms with Gasteiger partial charge in [0.25, 0.3) is 5.91 Å². The molecule has 30 heavy (non-hydrogen) atoms. The zero-order chi connectivity index (χ0) is 21.1. The van der Waals surface area contributed by atoms with E-state index in [0.29, 0.717) is 24.1 Å². The summed E-state index contributed by atoms with van der Waals surface area (Å²) in [7, 11) is 0. The van der Waals surface area contributed by atoms with Gasteiger partial charge in [-0.15, -0.1) is 0 Å². The predicted molar refractivity (Wildman–Crippen MR) is 117 cm³/mol. The van der Waals surface area contributed by atoms with Crippen molar-refractivity contribution in [1.82, 2.24) is 15.2 Å². The highest BCUT2D eigenvalue weighted by atomic mass is 16.3. The molecule has 1 atom stereocenters. The van der Waals surface area contributed by atoms with Gasteiger partial charge in [-0.25, -0.2) is 4.98 Å². The average molecular weight is 400 g/mol. The normalized spacial score (nSPS) is 12.1. The number of carbonyl (C=O) groups excluding carboxylic acids is 1. The summed E-state index contributed by atoms with van der Waals surface area (Å²) >= 11 is 0. The molecule has 3 N–H and O–H groups in total. The van der Waals surface area contributed by atoms with Crippen LogP contribution in [0.4, 0.5) is 5.69 Å². The molecule has 1 amide bonds. The number of aliphatic hydroxyl groups excluding tert-OH is 1. The van der Waals surface area contributed by atoms with Gasteiger partial charge in [0.15, 0.2) is 5.65 Å². The molecule has 0 saturated heterocycles. The Bertz CT molecular complexity index is 1180. The maximum Gasteiger partial charge on any atom is 0.256 e. The van der Waals surface area contributed by atoms with Crippen molar-refractivity contribution in [3.8, 4) is 0 Å². The van der Waals surface area contributed by atoms with Crippen LogP contribution < -0.4 is 5.32 Å². The molecule has 2 aromatic heterocycles. The number of aryl methyl sites for hydroxylation is 3. The summed E-state index contributed by atoms with van der Waals surface area (Å²) in [5, 5.41) is 21.2. The fourth-order valence-electron chi connectivity index (χ4n) is 3.63. The van der Waals surface area contributed by atoms with Crippen molar-refractivity contribution < 1.29 is 9.90 Å². The molecule has 2 aromatic carbocycles. The van der Waals surface area contributed by atoms with Crippen molar-refractivity contribution in [1.29, 1.82) is 0 Å². The third kappa shape index (κ3) is 4.23. The highest BCUT2D eigenvalue weighted by molar-refractivity contribution is 6.12. The topological polar surface area (TPSA) is 90.9 Å².